The number of halogens is 3. The highest BCUT2D eigenvalue weighted by atomic mass is 32.2. The lowest BCUT2D eigenvalue weighted by Crippen LogP contribution is -2.47. The molecule has 0 saturated heterocycles. The Hall–Kier alpha value is -0.640. The van der Waals surface area contributed by atoms with Crippen molar-refractivity contribution in [1.29, 1.82) is 0 Å². The first-order valence-corrected chi connectivity index (χ1v) is 9.00. The molecule has 0 aromatic carbocycles. The third-order valence-electron chi connectivity index (χ3n) is 3.75. The molecule has 21 heavy (non-hydrogen) atoms. The standard InChI is InChI=1S/C12H15F3N2O2S2/c13-12(14,15)11(4-5-11)17-21(18,19)10-3-6-20-9(10)7-16-8-1-2-8/h3,6,8,16-17H,1-2,4-5,7H2. The Morgan fingerprint density at radius 1 is 1.33 bits per heavy atom. The lowest BCUT2D eigenvalue weighted by atomic mass is 10.3. The van der Waals surface area contributed by atoms with Crippen molar-refractivity contribution in [1.82, 2.24) is 10.0 Å². The summed E-state index contributed by atoms with van der Waals surface area (Å²) >= 11 is 1.24. The van der Waals surface area contributed by atoms with Crippen molar-refractivity contribution in [3.05, 3.63) is 16.3 Å². The fraction of sp³-hybridized carbons (Fsp3) is 0.667. The third-order valence-corrected chi connectivity index (χ3v) is 6.42. The molecule has 2 fully saturated rings. The van der Waals surface area contributed by atoms with E-state index in [2.05, 4.69) is 5.32 Å². The van der Waals surface area contributed by atoms with Crippen LogP contribution in [0.1, 0.15) is 30.6 Å². The van der Waals surface area contributed by atoms with Gasteiger partial charge in [-0.3, -0.25) is 0 Å². The highest BCUT2D eigenvalue weighted by Crippen LogP contribution is 2.49. The van der Waals surface area contributed by atoms with Crippen molar-refractivity contribution in [2.75, 3.05) is 0 Å². The molecule has 0 spiro atoms. The van der Waals surface area contributed by atoms with Crippen LogP contribution in [-0.2, 0) is 16.6 Å². The van der Waals surface area contributed by atoms with Crippen LogP contribution >= 0.6 is 11.3 Å². The van der Waals surface area contributed by atoms with Gasteiger partial charge in [0, 0.05) is 17.5 Å². The fourth-order valence-electron chi connectivity index (χ4n) is 2.10. The number of hydrogen-bond acceptors (Lipinski definition) is 4. The number of hydrogen-bond donors (Lipinski definition) is 2. The highest BCUT2D eigenvalue weighted by molar-refractivity contribution is 7.89. The molecule has 2 aliphatic rings. The number of rotatable bonds is 6. The Labute approximate surface area is 124 Å². The van der Waals surface area contributed by atoms with Crippen LogP contribution in [0.2, 0.25) is 0 Å². The van der Waals surface area contributed by atoms with E-state index >= 15 is 0 Å². The van der Waals surface area contributed by atoms with Crippen molar-refractivity contribution >= 4 is 21.4 Å². The normalized spacial score (nSPS) is 21.5. The van der Waals surface area contributed by atoms with Gasteiger partial charge in [-0.05, 0) is 37.1 Å². The summed E-state index contributed by atoms with van der Waals surface area (Å²) in [6.07, 6.45) is -2.83. The van der Waals surface area contributed by atoms with E-state index in [1.54, 1.807) is 5.38 Å². The minimum atomic E-state index is -4.55. The largest absolute Gasteiger partial charge is 0.407 e. The molecule has 9 heteroatoms. The van der Waals surface area contributed by atoms with Crippen molar-refractivity contribution in [3.63, 3.8) is 0 Å². The van der Waals surface area contributed by atoms with Gasteiger partial charge in [-0.15, -0.1) is 11.3 Å². The van der Waals surface area contributed by atoms with Gasteiger partial charge in [0.25, 0.3) is 0 Å². The second-order valence-corrected chi connectivity index (χ2v) is 8.20. The van der Waals surface area contributed by atoms with Gasteiger partial charge in [0.05, 0.1) is 4.90 Å². The average molecular weight is 340 g/mol. The molecule has 118 valence electrons. The Morgan fingerprint density at radius 2 is 2.00 bits per heavy atom. The predicted molar refractivity (Wildman–Crippen MR) is 72.5 cm³/mol. The second-order valence-electron chi connectivity index (χ2n) is 5.55. The summed E-state index contributed by atoms with van der Waals surface area (Å²) in [4.78, 5) is 0.503. The van der Waals surface area contributed by atoms with Crippen molar-refractivity contribution in [2.24, 2.45) is 0 Å². The molecule has 1 aromatic heterocycles. The maximum absolute atomic E-state index is 12.9. The first kappa shape index (κ1) is 15.3. The van der Waals surface area contributed by atoms with E-state index in [1.165, 1.54) is 17.4 Å². The Balaban J connectivity index is 1.77. The van der Waals surface area contributed by atoms with Crippen LogP contribution in [0.15, 0.2) is 16.3 Å². The van der Waals surface area contributed by atoms with Crippen LogP contribution in [0.25, 0.3) is 0 Å². The van der Waals surface area contributed by atoms with E-state index in [9.17, 15) is 21.6 Å². The zero-order valence-electron chi connectivity index (χ0n) is 11.0. The van der Waals surface area contributed by atoms with Crippen molar-refractivity contribution in [2.45, 2.75) is 54.9 Å². The van der Waals surface area contributed by atoms with Crippen molar-refractivity contribution in [3.8, 4) is 0 Å². The topological polar surface area (TPSA) is 58.2 Å². The van der Waals surface area contributed by atoms with Crippen LogP contribution < -0.4 is 10.0 Å². The summed E-state index contributed by atoms with van der Waals surface area (Å²) in [6, 6.07) is 1.77. The first-order chi connectivity index (χ1) is 9.74. The average Bonchev–Trinajstić information content (AvgIpc) is 3.27. The fourth-order valence-corrected chi connectivity index (χ4v) is 4.94. The molecule has 0 aliphatic heterocycles. The van der Waals surface area contributed by atoms with Gasteiger partial charge in [-0.25, -0.2) is 8.42 Å². The van der Waals surface area contributed by atoms with Gasteiger partial charge in [0.2, 0.25) is 10.0 Å². The summed E-state index contributed by atoms with van der Waals surface area (Å²) in [7, 11) is -4.15. The molecule has 0 unspecified atom stereocenters. The molecule has 2 saturated carbocycles. The molecule has 0 atom stereocenters. The van der Waals surface area contributed by atoms with Gasteiger partial charge in [0.15, 0.2) is 0 Å². The molecule has 0 amide bonds. The maximum atomic E-state index is 12.9. The Morgan fingerprint density at radius 3 is 2.52 bits per heavy atom. The van der Waals surface area contributed by atoms with Crippen LogP contribution in [0.4, 0.5) is 13.2 Å². The lowest BCUT2D eigenvalue weighted by molar-refractivity contribution is -0.160. The second kappa shape index (κ2) is 4.94. The third kappa shape index (κ3) is 3.10. The van der Waals surface area contributed by atoms with E-state index in [0.29, 0.717) is 17.5 Å². The Bertz CT molecular complexity index is 631. The van der Waals surface area contributed by atoms with Crippen LogP contribution in [0.3, 0.4) is 0 Å². The lowest BCUT2D eigenvalue weighted by Gasteiger charge is -2.20. The number of nitrogens with one attached hydrogen (secondary N) is 2. The van der Waals surface area contributed by atoms with Gasteiger partial charge >= 0.3 is 6.18 Å². The number of sulfonamides is 1. The summed E-state index contributed by atoms with van der Waals surface area (Å²) in [5, 5.41) is 4.77. The molecule has 0 bridgehead atoms. The monoisotopic (exact) mass is 340 g/mol. The zero-order valence-corrected chi connectivity index (χ0v) is 12.7. The smallest absolute Gasteiger partial charge is 0.309 e. The summed E-state index contributed by atoms with van der Waals surface area (Å²) < 4.78 is 65.0. The van der Waals surface area contributed by atoms with Crippen LogP contribution in [0.5, 0.6) is 0 Å². The molecule has 0 radical (unpaired) electrons. The first-order valence-electron chi connectivity index (χ1n) is 6.64. The van der Waals surface area contributed by atoms with Gasteiger partial charge in [-0.2, -0.15) is 17.9 Å². The van der Waals surface area contributed by atoms with E-state index < -0.39 is 21.7 Å². The number of alkyl halides is 3. The molecule has 4 nitrogen and oxygen atoms in total. The summed E-state index contributed by atoms with van der Waals surface area (Å²) in [5.41, 5.74) is -2.27. The van der Waals surface area contributed by atoms with Gasteiger partial charge in [-0.1, -0.05) is 0 Å². The summed E-state index contributed by atoms with van der Waals surface area (Å²) in [6.45, 7) is 0.373. The molecule has 1 heterocycles. The van der Waals surface area contributed by atoms with Crippen LogP contribution in [-0.4, -0.2) is 26.2 Å². The molecule has 2 aliphatic carbocycles. The van der Waals surface area contributed by atoms with E-state index in [1.807, 2.05) is 4.72 Å². The zero-order chi connectivity index (χ0) is 15.3. The maximum Gasteiger partial charge on any atom is 0.407 e. The Kier molecular flexibility index (Phi) is 3.59. The minimum Gasteiger partial charge on any atom is -0.309 e. The molecular formula is C12H15F3N2O2S2. The van der Waals surface area contributed by atoms with Crippen molar-refractivity contribution < 1.29 is 21.6 Å². The van der Waals surface area contributed by atoms with Gasteiger partial charge in [0.1, 0.15) is 5.54 Å². The number of thiophene rings is 1. The minimum absolute atomic E-state index is 0.0452. The highest BCUT2D eigenvalue weighted by Gasteiger charge is 2.65. The van der Waals surface area contributed by atoms with E-state index in [4.69, 9.17) is 0 Å². The molecule has 3 rings (SSSR count). The predicted octanol–water partition coefficient (Wildman–Crippen LogP) is 2.37. The molecular weight excluding hydrogens is 325 g/mol. The quantitative estimate of drug-likeness (QED) is 0.836. The van der Waals surface area contributed by atoms with Crippen LogP contribution in [0, 0.1) is 0 Å². The van der Waals surface area contributed by atoms with E-state index in [0.717, 1.165) is 12.8 Å². The van der Waals surface area contributed by atoms with E-state index in [-0.39, 0.29) is 17.7 Å². The van der Waals surface area contributed by atoms with Gasteiger partial charge < -0.3 is 5.32 Å². The molecule has 2 N–H and O–H groups in total. The SMILES string of the molecule is O=S(=O)(NC1(C(F)(F)F)CC1)c1ccsc1CNC1CC1. The molecule has 1 aromatic rings. The summed E-state index contributed by atoms with van der Waals surface area (Å²) in [5.74, 6) is 0.